The Bertz CT molecular complexity index is 370. The molecular weight excluding hydrogens is 245 g/mol. The average Bonchev–Trinajstić information content (AvgIpc) is 2.67. The van der Waals surface area contributed by atoms with Gasteiger partial charge < -0.3 is 10.0 Å². The number of rotatable bonds is 3. The van der Waals surface area contributed by atoms with Gasteiger partial charge in [-0.25, -0.2) is 0 Å². The summed E-state index contributed by atoms with van der Waals surface area (Å²) in [7, 11) is 0. The number of benzene rings is 1. The molecule has 1 fully saturated rings. The van der Waals surface area contributed by atoms with E-state index in [1.165, 1.54) is 0 Å². The molecule has 0 amide bonds. The maximum absolute atomic E-state index is 8.91. The van der Waals surface area contributed by atoms with Crippen LogP contribution in [0.5, 0.6) is 0 Å². The standard InChI is InChI=1S/C12H15Cl2NO/c13-10-1-2-12(11(14)7-10)15-5-3-9(8-15)4-6-16/h1-2,7,9,16H,3-6,8H2. The first kappa shape index (κ1) is 12.0. The van der Waals surface area contributed by atoms with E-state index in [4.69, 9.17) is 28.3 Å². The highest BCUT2D eigenvalue weighted by Gasteiger charge is 2.23. The monoisotopic (exact) mass is 259 g/mol. The zero-order valence-electron chi connectivity index (χ0n) is 9.00. The van der Waals surface area contributed by atoms with E-state index in [2.05, 4.69) is 4.90 Å². The van der Waals surface area contributed by atoms with Gasteiger partial charge in [-0.3, -0.25) is 0 Å². The van der Waals surface area contributed by atoms with Crippen molar-refractivity contribution in [2.75, 3.05) is 24.6 Å². The lowest BCUT2D eigenvalue weighted by atomic mass is 10.1. The molecule has 2 nitrogen and oxygen atoms in total. The van der Waals surface area contributed by atoms with E-state index in [0.29, 0.717) is 16.0 Å². The minimum atomic E-state index is 0.271. The quantitative estimate of drug-likeness (QED) is 0.902. The lowest BCUT2D eigenvalue weighted by molar-refractivity contribution is 0.263. The molecule has 88 valence electrons. The molecule has 1 atom stereocenters. The number of hydrogen-bond donors (Lipinski definition) is 1. The molecule has 1 saturated heterocycles. The topological polar surface area (TPSA) is 23.5 Å². The van der Waals surface area contributed by atoms with Gasteiger partial charge in [0.2, 0.25) is 0 Å². The Balaban J connectivity index is 2.08. The van der Waals surface area contributed by atoms with Crippen LogP contribution in [0.25, 0.3) is 0 Å². The number of aliphatic hydroxyl groups excluding tert-OH is 1. The molecule has 1 unspecified atom stereocenters. The van der Waals surface area contributed by atoms with E-state index < -0.39 is 0 Å². The molecule has 1 N–H and O–H groups in total. The Morgan fingerprint density at radius 1 is 1.38 bits per heavy atom. The van der Waals surface area contributed by atoms with Crippen molar-refractivity contribution >= 4 is 28.9 Å². The molecule has 2 rings (SSSR count). The van der Waals surface area contributed by atoms with Crippen LogP contribution < -0.4 is 4.90 Å². The van der Waals surface area contributed by atoms with E-state index in [1.54, 1.807) is 6.07 Å². The van der Waals surface area contributed by atoms with Crippen molar-refractivity contribution in [3.05, 3.63) is 28.2 Å². The van der Waals surface area contributed by atoms with E-state index in [-0.39, 0.29) is 6.61 Å². The van der Waals surface area contributed by atoms with Crippen molar-refractivity contribution in [1.29, 1.82) is 0 Å². The van der Waals surface area contributed by atoms with Crippen LogP contribution in [0.15, 0.2) is 18.2 Å². The Hall–Kier alpha value is -0.440. The summed E-state index contributed by atoms with van der Waals surface area (Å²) >= 11 is 12.0. The van der Waals surface area contributed by atoms with Crippen LogP contribution in [0.3, 0.4) is 0 Å². The lowest BCUT2D eigenvalue weighted by Gasteiger charge is -2.20. The van der Waals surface area contributed by atoms with E-state index in [1.807, 2.05) is 12.1 Å². The third-order valence-corrected chi connectivity index (χ3v) is 3.61. The summed E-state index contributed by atoms with van der Waals surface area (Å²) < 4.78 is 0. The van der Waals surface area contributed by atoms with Crippen LogP contribution in [0.1, 0.15) is 12.8 Å². The van der Waals surface area contributed by atoms with Crippen LogP contribution in [-0.2, 0) is 0 Å². The minimum absolute atomic E-state index is 0.271. The first-order chi connectivity index (χ1) is 7.70. The molecule has 1 aromatic rings. The van der Waals surface area contributed by atoms with Gasteiger partial charge in [0, 0.05) is 24.7 Å². The summed E-state index contributed by atoms with van der Waals surface area (Å²) in [5.74, 6) is 0.580. The van der Waals surface area contributed by atoms with Crippen LogP contribution in [0.4, 0.5) is 5.69 Å². The normalized spacial score (nSPS) is 20.4. The second-order valence-corrected chi connectivity index (χ2v) is 5.05. The van der Waals surface area contributed by atoms with Gasteiger partial charge >= 0.3 is 0 Å². The summed E-state index contributed by atoms with van der Waals surface area (Å²) in [6, 6.07) is 5.60. The highest BCUT2D eigenvalue weighted by molar-refractivity contribution is 6.36. The summed E-state index contributed by atoms with van der Waals surface area (Å²) in [4.78, 5) is 2.26. The van der Waals surface area contributed by atoms with Gasteiger partial charge in [-0.15, -0.1) is 0 Å². The number of halogens is 2. The number of anilines is 1. The highest BCUT2D eigenvalue weighted by Crippen LogP contribution is 2.32. The van der Waals surface area contributed by atoms with Crippen LogP contribution >= 0.6 is 23.2 Å². The highest BCUT2D eigenvalue weighted by atomic mass is 35.5. The third kappa shape index (κ3) is 2.62. The Morgan fingerprint density at radius 3 is 2.88 bits per heavy atom. The molecule has 0 aliphatic carbocycles. The van der Waals surface area contributed by atoms with Gasteiger partial charge in [-0.05, 0) is 37.0 Å². The predicted octanol–water partition coefficient (Wildman–Crippen LogP) is 3.20. The SMILES string of the molecule is OCCC1CCN(c2ccc(Cl)cc2Cl)C1. The number of aliphatic hydroxyl groups is 1. The second kappa shape index (κ2) is 5.26. The Labute approximate surface area is 106 Å². The molecule has 0 bridgehead atoms. The minimum Gasteiger partial charge on any atom is -0.396 e. The zero-order valence-corrected chi connectivity index (χ0v) is 10.5. The van der Waals surface area contributed by atoms with Crippen molar-refractivity contribution in [2.45, 2.75) is 12.8 Å². The molecule has 0 saturated carbocycles. The van der Waals surface area contributed by atoms with Crippen LogP contribution in [0.2, 0.25) is 10.0 Å². The first-order valence-corrected chi connectivity index (χ1v) is 6.27. The maximum Gasteiger partial charge on any atom is 0.0654 e. The Morgan fingerprint density at radius 2 is 2.19 bits per heavy atom. The molecule has 16 heavy (non-hydrogen) atoms. The maximum atomic E-state index is 8.91. The van der Waals surface area contributed by atoms with Gasteiger partial charge in [-0.2, -0.15) is 0 Å². The number of nitrogens with zero attached hydrogens (tertiary/aromatic N) is 1. The van der Waals surface area contributed by atoms with Crippen molar-refractivity contribution in [3.8, 4) is 0 Å². The summed E-state index contributed by atoms with van der Waals surface area (Å²) in [5.41, 5.74) is 1.05. The fraction of sp³-hybridized carbons (Fsp3) is 0.500. The van der Waals surface area contributed by atoms with Crippen molar-refractivity contribution in [3.63, 3.8) is 0 Å². The molecular formula is C12H15Cl2NO. The predicted molar refractivity (Wildman–Crippen MR) is 68.5 cm³/mol. The second-order valence-electron chi connectivity index (χ2n) is 4.21. The van der Waals surface area contributed by atoms with E-state index >= 15 is 0 Å². The smallest absolute Gasteiger partial charge is 0.0654 e. The molecule has 1 heterocycles. The van der Waals surface area contributed by atoms with Crippen molar-refractivity contribution < 1.29 is 5.11 Å². The molecule has 1 aliphatic heterocycles. The summed E-state index contributed by atoms with van der Waals surface area (Å²) in [5, 5.41) is 10.3. The van der Waals surface area contributed by atoms with Crippen LogP contribution in [-0.4, -0.2) is 24.8 Å². The van der Waals surface area contributed by atoms with Crippen molar-refractivity contribution in [2.24, 2.45) is 5.92 Å². The van der Waals surface area contributed by atoms with Gasteiger partial charge in [-0.1, -0.05) is 23.2 Å². The molecule has 0 spiro atoms. The zero-order chi connectivity index (χ0) is 11.5. The molecule has 0 aromatic heterocycles. The molecule has 4 heteroatoms. The third-order valence-electron chi connectivity index (χ3n) is 3.07. The van der Waals surface area contributed by atoms with E-state index in [0.717, 1.165) is 31.6 Å². The number of hydrogen-bond acceptors (Lipinski definition) is 2. The first-order valence-electron chi connectivity index (χ1n) is 5.51. The van der Waals surface area contributed by atoms with Crippen LogP contribution in [0, 0.1) is 5.92 Å². The van der Waals surface area contributed by atoms with Crippen molar-refractivity contribution in [1.82, 2.24) is 0 Å². The molecule has 0 radical (unpaired) electrons. The fourth-order valence-electron chi connectivity index (χ4n) is 2.21. The van der Waals surface area contributed by atoms with Gasteiger partial charge in [0.05, 0.1) is 10.7 Å². The molecule has 1 aromatic carbocycles. The van der Waals surface area contributed by atoms with Gasteiger partial charge in [0.15, 0.2) is 0 Å². The lowest BCUT2D eigenvalue weighted by Crippen LogP contribution is -2.20. The summed E-state index contributed by atoms with van der Waals surface area (Å²) in [6.45, 7) is 2.25. The molecule has 1 aliphatic rings. The van der Waals surface area contributed by atoms with Gasteiger partial charge in [0.1, 0.15) is 0 Å². The fourth-order valence-corrected chi connectivity index (χ4v) is 2.74. The largest absolute Gasteiger partial charge is 0.396 e. The Kier molecular flexibility index (Phi) is 3.95. The summed E-state index contributed by atoms with van der Waals surface area (Å²) in [6.07, 6.45) is 2.00. The van der Waals surface area contributed by atoms with Gasteiger partial charge in [0.25, 0.3) is 0 Å². The van der Waals surface area contributed by atoms with E-state index in [9.17, 15) is 0 Å². The average molecular weight is 260 g/mol.